The SMILES string of the molecule is COc1cccc(C2NNCC2C(=O)NC(C)c2nc(CC(C)C)no2)c1. The molecular weight excluding hydrogens is 346 g/mol. The number of carbonyl (C=O) groups is 1. The monoisotopic (exact) mass is 373 g/mol. The molecule has 2 aromatic rings. The molecule has 1 amide bonds. The maximum absolute atomic E-state index is 12.8. The second-order valence-corrected chi connectivity index (χ2v) is 7.26. The van der Waals surface area contributed by atoms with Crippen LogP contribution in [0.2, 0.25) is 0 Å². The minimum atomic E-state index is -0.350. The van der Waals surface area contributed by atoms with Crippen LogP contribution in [0, 0.1) is 11.8 Å². The van der Waals surface area contributed by atoms with Gasteiger partial charge in [-0.05, 0) is 30.5 Å². The zero-order valence-corrected chi connectivity index (χ0v) is 16.2. The van der Waals surface area contributed by atoms with Gasteiger partial charge < -0.3 is 14.6 Å². The van der Waals surface area contributed by atoms with Crippen LogP contribution in [0.5, 0.6) is 5.75 Å². The molecule has 0 saturated carbocycles. The Morgan fingerprint density at radius 2 is 2.22 bits per heavy atom. The number of methoxy groups -OCH3 is 1. The highest BCUT2D eigenvalue weighted by atomic mass is 16.5. The Bertz CT molecular complexity index is 776. The molecule has 2 heterocycles. The van der Waals surface area contributed by atoms with E-state index in [2.05, 4.69) is 40.2 Å². The van der Waals surface area contributed by atoms with Crippen LogP contribution >= 0.6 is 0 Å². The average molecular weight is 373 g/mol. The first-order valence-corrected chi connectivity index (χ1v) is 9.23. The first-order valence-electron chi connectivity index (χ1n) is 9.23. The number of carbonyl (C=O) groups excluding carboxylic acids is 1. The van der Waals surface area contributed by atoms with E-state index in [-0.39, 0.29) is 23.9 Å². The molecule has 0 bridgehead atoms. The quantitative estimate of drug-likeness (QED) is 0.681. The number of hydrogen-bond acceptors (Lipinski definition) is 7. The van der Waals surface area contributed by atoms with E-state index in [0.29, 0.717) is 24.2 Å². The highest BCUT2D eigenvalue weighted by molar-refractivity contribution is 5.80. The molecule has 0 aliphatic carbocycles. The van der Waals surface area contributed by atoms with Gasteiger partial charge in [-0.3, -0.25) is 10.2 Å². The number of aromatic nitrogens is 2. The van der Waals surface area contributed by atoms with Gasteiger partial charge in [-0.1, -0.05) is 31.1 Å². The highest BCUT2D eigenvalue weighted by Crippen LogP contribution is 2.28. The molecule has 3 atom stereocenters. The van der Waals surface area contributed by atoms with Crippen LogP contribution in [-0.2, 0) is 11.2 Å². The van der Waals surface area contributed by atoms with Crippen molar-refractivity contribution >= 4 is 5.91 Å². The van der Waals surface area contributed by atoms with Gasteiger partial charge in [-0.15, -0.1) is 0 Å². The summed E-state index contributed by atoms with van der Waals surface area (Å²) in [6, 6.07) is 7.22. The van der Waals surface area contributed by atoms with Gasteiger partial charge in [0.25, 0.3) is 0 Å². The molecule has 27 heavy (non-hydrogen) atoms. The van der Waals surface area contributed by atoms with Crippen molar-refractivity contribution in [1.29, 1.82) is 0 Å². The largest absolute Gasteiger partial charge is 0.497 e. The molecule has 0 spiro atoms. The van der Waals surface area contributed by atoms with Crippen molar-refractivity contribution < 1.29 is 14.1 Å². The normalized spacial score (nSPS) is 20.6. The predicted octanol–water partition coefficient (Wildman–Crippen LogP) is 1.92. The van der Waals surface area contributed by atoms with Crippen molar-refractivity contribution in [2.75, 3.05) is 13.7 Å². The molecule has 3 N–H and O–H groups in total. The summed E-state index contributed by atoms with van der Waals surface area (Å²) in [6.07, 6.45) is 0.749. The average Bonchev–Trinajstić information content (AvgIpc) is 3.30. The highest BCUT2D eigenvalue weighted by Gasteiger charge is 2.35. The first-order chi connectivity index (χ1) is 13.0. The number of rotatable bonds is 7. The van der Waals surface area contributed by atoms with Crippen molar-refractivity contribution in [3.63, 3.8) is 0 Å². The van der Waals surface area contributed by atoms with E-state index in [1.807, 2.05) is 31.2 Å². The Hall–Kier alpha value is -2.45. The molecule has 1 aliphatic rings. The van der Waals surface area contributed by atoms with Crippen LogP contribution < -0.4 is 20.9 Å². The van der Waals surface area contributed by atoms with Gasteiger partial charge in [0.05, 0.1) is 19.1 Å². The maximum Gasteiger partial charge on any atom is 0.248 e. The van der Waals surface area contributed by atoms with Crippen molar-refractivity contribution in [3.05, 3.63) is 41.5 Å². The fraction of sp³-hybridized carbons (Fsp3) is 0.526. The molecule has 0 radical (unpaired) electrons. The summed E-state index contributed by atoms with van der Waals surface area (Å²) in [5.41, 5.74) is 7.24. The number of hydrazine groups is 1. The van der Waals surface area contributed by atoms with Crippen molar-refractivity contribution in [2.24, 2.45) is 11.8 Å². The fourth-order valence-electron chi connectivity index (χ4n) is 3.17. The Balaban J connectivity index is 1.66. The summed E-state index contributed by atoms with van der Waals surface area (Å²) in [7, 11) is 1.63. The Labute approximate surface area is 159 Å². The zero-order valence-electron chi connectivity index (χ0n) is 16.2. The molecule has 1 fully saturated rings. The first kappa shape index (κ1) is 19.3. The second kappa shape index (κ2) is 8.49. The second-order valence-electron chi connectivity index (χ2n) is 7.26. The van der Waals surface area contributed by atoms with Crippen LogP contribution in [0.3, 0.4) is 0 Å². The minimum Gasteiger partial charge on any atom is -0.497 e. The minimum absolute atomic E-state index is 0.0728. The van der Waals surface area contributed by atoms with E-state index >= 15 is 0 Å². The van der Waals surface area contributed by atoms with Crippen LogP contribution in [-0.4, -0.2) is 29.7 Å². The molecule has 1 aromatic heterocycles. The summed E-state index contributed by atoms with van der Waals surface area (Å²) in [5, 5.41) is 6.97. The van der Waals surface area contributed by atoms with Crippen LogP contribution in [0.25, 0.3) is 0 Å². The van der Waals surface area contributed by atoms with Gasteiger partial charge in [-0.2, -0.15) is 4.98 Å². The Morgan fingerprint density at radius 1 is 1.41 bits per heavy atom. The summed E-state index contributed by atoms with van der Waals surface area (Å²) in [5.74, 6) is 1.96. The molecule has 8 nitrogen and oxygen atoms in total. The smallest absolute Gasteiger partial charge is 0.248 e. The predicted molar refractivity (Wildman–Crippen MR) is 99.8 cm³/mol. The molecule has 8 heteroatoms. The van der Waals surface area contributed by atoms with Gasteiger partial charge in [0.15, 0.2) is 5.82 Å². The molecule has 146 valence electrons. The lowest BCUT2D eigenvalue weighted by Crippen LogP contribution is -2.36. The van der Waals surface area contributed by atoms with E-state index in [1.54, 1.807) is 7.11 Å². The lowest BCUT2D eigenvalue weighted by Gasteiger charge is -2.20. The third-order valence-corrected chi connectivity index (χ3v) is 4.58. The van der Waals surface area contributed by atoms with Gasteiger partial charge >= 0.3 is 0 Å². The third kappa shape index (κ3) is 4.64. The van der Waals surface area contributed by atoms with Gasteiger partial charge in [0, 0.05) is 13.0 Å². The molecule has 1 saturated heterocycles. The molecule has 3 rings (SSSR count). The summed E-state index contributed by atoms with van der Waals surface area (Å²) in [6.45, 7) is 6.57. The summed E-state index contributed by atoms with van der Waals surface area (Å²) >= 11 is 0. The fourth-order valence-corrected chi connectivity index (χ4v) is 3.17. The zero-order chi connectivity index (χ0) is 19.4. The van der Waals surface area contributed by atoms with E-state index in [0.717, 1.165) is 17.7 Å². The van der Waals surface area contributed by atoms with Crippen LogP contribution in [0.15, 0.2) is 28.8 Å². The maximum atomic E-state index is 12.8. The summed E-state index contributed by atoms with van der Waals surface area (Å²) < 4.78 is 10.6. The Kier molecular flexibility index (Phi) is 6.08. The van der Waals surface area contributed by atoms with Crippen molar-refractivity contribution in [1.82, 2.24) is 26.3 Å². The van der Waals surface area contributed by atoms with E-state index in [1.165, 1.54) is 0 Å². The Morgan fingerprint density at radius 3 is 2.96 bits per heavy atom. The molecular formula is C19H27N5O3. The van der Waals surface area contributed by atoms with Gasteiger partial charge in [0.1, 0.15) is 11.8 Å². The number of nitrogens with one attached hydrogen (secondary N) is 3. The van der Waals surface area contributed by atoms with E-state index in [4.69, 9.17) is 9.26 Å². The molecule has 3 unspecified atom stereocenters. The lowest BCUT2D eigenvalue weighted by molar-refractivity contribution is -0.125. The van der Waals surface area contributed by atoms with Crippen LogP contribution in [0.1, 0.15) is 50.1 Å². The topological polar surface area (TPSA) is 101 Å². The number of benzene rings is 1. The van der Waals surface area contributed by atoms with Gasteiger partial charge in [0.2, 0.25) is 11.8 Å². The number of ether oxygens (including phenoxy) is 1. The van der Waals surface area contributed by atoms with E-state index in [9.17, 15) is 4.79 Å². The molecule has 1 aliphatic heterocycles. The van der Waals surface area contributed by atoms with Crippen LogP contribution in [0.4, 0.5) is 0 Å². The number of amides is 1. The van der Waals surface area contributed by atoms with Crippen molar-refractivity contribution in [2.45, 2.75) is 39.3 Å². The van der Waals surface area contributed by atoms with E-state index < -0.39 is 0 Å². The third-order valence-electron chi connectivity index (χ3n) is 4.58. The number of hydrogen-bond donors (Lipinski definition) is 3. The number of nitrogens with zero attached hydrogens (tertiary/aromatic N) is 2. The van der Waals surface area contributed by atoms with Gasteiger partial charge in [-0.25, -0.2) is 5.43 Å². The molecule has 1 aromatic carbocycles. The lowest BCUT2D eigenvalue weighted by atomic mass is 9.94. The standard InChI is InChI=1S/C19H27N5O3/c1-11(2)8-16-22-19(27-24-16)12(3)21-18(25)15-10-20-23-17(15)13-6-5-7-14(9-13)26-4/h5-7,9,11-12,15,17,20,23H,8,10H2,1-4H3,(H,21,25). The van der Waals surface area contributed by atoms with Crippen molar-refractivity contribution in [3.8, 4) is 5.75 Å². The summed E-state index contributed by atoms with van der Waals surface area (Å²) in [4.78, 5) is 17.2.